The molecule has 0 saturated carbocycles. The van der Waals surface area contributed by atoms with Crippen molar-refractivity contribution in [3.8, 4) is 23.2 Å². The second-order valence-electron chi connectivity index (χ2n) is 7.62. The zero-order valence-corrected chi connectivity index (χ0v) is 18.8. The minimum absolute atomic E-state index is 0.0659. The number of aromatic nitrogens is 4. The summed E-state index contributed by atoms with van der Waals surface area (Å²) >= 11 is 3.48. The van der Waals surface area contributed by atoms with Crippen LogP contribution in [0.5, 0.6) is 5.88 Å². The molecule has 0 aliphatic carbocycles. The first kappa shape index (κ1) is 20.1. The lowest BCUT2D eigenvalue weighted by Crippen LogP contribution is -2.21. The number of ether oxygens (including phenoxy) is 1. The number of nitrogens with two attached hydrogens (primary N) is 1. The van der Waals surface area contributed by atoms with E-state index in [1.807, 2.05) is 60.3 Å². The summed E-state index contributed by atoms with van der Waals surface area (Å²) < 4.78 is 8.55. The Kier molecular flexibility index (Phi) is 5.04. The molecule has 0 amide bonds. The van der Waals surface area contributed by atoms with Crippen LogP contribution in [-0.2, 0) is 6.54 Å². The fraction of sp³-hybridized carbons (Fsp3) is 0.125. The summed E-state index contributed by atoms with van der Waals surface area (Å²) in [5.41, 5.74) is 11.8. The van der Waals surface area contributed by atoms with E-state index in [1.54, 1.807) is 0 Å². The third-order valence-corrected chi connectivity index (χ3v) is 6.06. The number of hydrogen-bond donors (Lipinski definition) is 2. The minimum atomic E-state index is -0.434. The van der Waals surface area contributed by atoms with Gasteiger partial charge in [-0.1, -0.05) is 58.4 Å². The third-order valence-electron chi connectivity index (χ3n) is 5.54. The second kappa shape index (κ2) is 8.02. The Balaban J connectivity index is 1.69. The number of aromatic amines is 1. The molecule has 0 saturated heterocycles. The fourth-order valence-electron chi connectivity index (χ4n) is 4.04. The average Bonchev–Trinajstić information content (AvgIpc) is 3.38. The van der Waals surface area contributed by atoms with Crippen molar-refractivity contribution < 1.29 is 4.74 Å². The van der Waals surface area contributed by atoms with Gasteiger partial charge in [0.2, 0.25) is 11.8 Å². The molecule has 3 heterocycles. The maximum atomic E-state index is 9.95. The average molecular weight is 487 g/mol. The molecule has 5 rings (SSSR count). The van der Waals surface area contributed by atoms with Gasteiger partial charge < -0.3 is 10.5 Å². The van der Waals surface area contributed by atoms with Gasteiger partial charge in [0.15, 0.2) is 0 Å². The number of benzene rings is 2. The first-order valence-corrected chi connectivity index (χ1v) is 10.8. The van der Waals surface area contributed by atoms with Crippen molar-refractivity contribution in [3.63, 3.8) is 0 Å². The lowest BCUT2D eigenvalue weighted by Gasteiger charge is -2.23. The van der Waals surface area contributed by atoms with Gasteiger partial charge in [0.25, 0.3) is 0 Å². The molecule has 0 fully saturated rings. The maximum Gasteiger partial charge on any atom is 0.244 e. The Morgan fingerprint density at radius 1 is 1.19 bits per heavy atom. The Labute approximate surface area is 193 Å². The summed E-state index contributed by atoms with van der Waals surface area (Å²) in [6, 6.07) is 20.3. The van der Waals surface area contributed by atoms with Crippen LogP contribution in [0, 0.1) is 18.3 Å². The third kappa shape index (κ3) is 3.47. The number of halogens is 1. The van der Waals surface area contributed by atoms with Crippen LogP contribution >= 0.6 is 15.9 Å². The number of rotatable bonds is 4. The number of fused-ring (bicyclic) bond motifs is 1. The van der Waals surface area contributed by atoms with E-state index in [9.17, 15) is 5.26 Å². The minimum Gasteiger partial charge on any atom is -0.420 e. The van der Waals surface area contributed by atoms with Gasteiger partial charge in [-0.15, -0.1) is 5.10 Å². The van der Waals surface area contributed by atoms with Gasteiger partial charge in [-0.3, -0.25) is 9.78 Å². The summed E-state index contributed by atoms with van der Waals surface area (Å²) in [5, 5.41) is 22.1. The van der Waals surface area contributed by atoms with Crippen molar-refractivity contribution in [3.05, 3.63) is 99.1 Å². The standard InChI is InChI=1S/C24H19BrN6O/c1-14-20-21(18(11-26)23(27)32-24(20)29-28-14)19-13-31(12-15-7-9-17(25)10-8-15)30-22(19)16-5-3-2-4-6-16/h2-10,13,21H,12,27H2,1H3,(H,28,29)/t21-/m0/s1. The molecule has 8 heteroatoms. The van der Waals surface area contributed by atoms with Gasteiger partial charge in [0.05, 0.1) is 18.2 Å². The van der Waals surface area contributed by atoms with Gasteiger partial charge in [-0.2, -0.15) is 10.4 Å². The van der Waals surface area contributed by atoms with Crippen LogP contribution in [-0.4, -0.2) is 20.0 Å². The number of nitriles is 1. The molecular weight excluding hydrogens is 468 g/mol. The highest BCUT2D eigenvalue weighted by Crippen LogP contribution is 2.45. The van der Waals surface area contributed by atoms with E-state index in [1.165, 1.54) is 0 Å². The lowest BCUT2D eigenvalue weighted by molar-refractivity contribution is 0.379. The van der Waals surface area contributed by atoms with Crippen molar-refractivity contribution >= 4 is 15.9 Å². The molecule has 2 aromatic heterocycles. The summed E-state index contributed by atoms with van der Waals surface area (Å²) in [6.07, 6.45) is 1.99. The largest absolute Gasteiger partial charge is 0.420 e. The first-order valence-electron chi connectivity index (χ1n) is 10.0. The maximum absolute atomic E-state index is 9.95. The van der Waals surface area contributed by atoms with Crippen LogP contribution in [0.2, 0.25) is 0 Å². The molecule has 1 aliphatic rings. The van der Waals surface area contributed by atoms with Crippen molar-refractivity contribution in [2.75, 3.05) is 0 Å². The molecule has 4 aromatic rings. The summed E-state index contributed by atoms with van der Waals surface area (Å²) in [7, 11) is 0. The topological polar surface area (TPSA) is 106 Å². The van der Waals surface area contributed by atoms with Crippen LogP contribution in [0.25, 0.3) is 11.3 Å². The number of hydrogen-bond acceptors (Lipinski definition) is 5. The quantitative estimate of drug-likeness (QED) is 0.438. The molecular formula is C24H19BrN6O. The van der Waals surface area contributed by atoms with Gasteiger partial charge in [-0.25, -0.2) is 0 Å². The van der Waals surface area contributed by atoms with Crippen molar-refractivity contribution in [1.29, 1.82) is 5.26 Å². The lowest BCUT2D eigenvalue weighted by atomic mass is 9.83. The normalized spacial score (nSPS) is 15.2. The number of nitrogens with zero attached hydrogens (tertiary/aromatic N) is 4. The first-order chi connectivity index (χ1) is 15.5. The molecule has 2 aromatic carbocycles. The van der Waals surface area contributed by atoms with E-state index in [0.29, 0.717) is 18.0 Å². The molecule has 0 radical (unpaired) electrons. The highest BCUT2D eigenvalue weighted by molar-refractivity contribution is 9.10. The summed E-state index contributed by atoms with van der Waals surface area (Å²) in [4.78, 5) is 0. The second-order valence-corrected chi connectivity index (χ2v) is 8.53. The SMILES string of the molecule is Cc1[nH]nc2c1[C@H](c1cn(Cc3ccc(Br)cc3)nc1-c1ccccc1)C(C#N)=C(N)O2. The van der Waals surface area contributed by atoms with E-state index in [0.717, 1.165) is 38.1 Å². The Morgan fingerprint density at radius 2 is 1.94 bits per heavy atom. The highest BCUT2D eigenvalue weighted by Gasteiger charge is 2.36. The van der Waals surface area contributed by atoms with Crippen LogP contribution < -0.4 is 10.5 Å². The molecule has 7 nitrogen and oxygen atoms in total. The molecule has 0 unspecified atom stereocenters. The highest BCUT2D eigenvalue weighted by atomic mass is 79.9. The van der Waals surface area contributed by atoms with Crippen LogP contribution in [0.15, 0.2) is 76.7 Å². The number of allylic oxidation sites excluding steroid dienone is 1. The van der Waals surface area contributed by atoms with Gasteiger partial charge in [0, 0.05) is 33.1 Å². The zero-order chi connectivity index (χ0) is 22.2. The molecule has 158 valence electrons. The predicted molar refractivity (Wildman–Crippen MR) is 124 cm³/mol. The van der Waals surface area contributed by atoms with Crippen LogP contribution in [0.1, 0.15) is 28.3 Å². The van der Waals surface area contributed by atoms with Crippen LogP contribution in [0.4, 0.5) is 0 Å². The molecule has 3 N–H and O–H groups in total. The smallest absolute Gasteiger partial charge is 0.244 e. The fourth-order valence-corrected chi connectivity index (χ4v) is 4.30. The Bertz CT molecular complexity index is 1360. The predicted octanol–water partition coefficient (Wildman–Crippen LogP) is 4.61. The number of H-pyrrole nitrogens is 1. The molecule has 1 aliphatic heterocycles. The molecule has 0 spiro atoms. The van der Waals surface area contributed by atoms with E-state index >= 15 is 0 Å². The van der Waals surface area contributed by atoms with Crippen molar-refractivity contribution in [2.45, 2.75) is 19.4 Å². The molecule has 1 atom stereocenters. The van der Waals surface area contributed by atoms with Crippen molar-refractivity contribution in [1.82, 2.24) is 20.0 Å². The number of nitrogens with one attached hydrogen (secondary N) is 1. The van der Waals surface area contributed by atoms with Crippen LogP contribution in [0.3, 0.4) is 0 Å². The molecule has 0 bridgehead atoms. The zero-order valence-electron chi connectivity index (χ0n) is 17.2. The van der Waals surface area contributed by atoms with Gasteiger partial charge in [0.1, 0.15) is 11.6 Å². The van der Waals surface area contributed by atoms with E-state index in [4.69, 9.17) is 15.6 Å². The Morgan fingerprint density at radius 3 is 2.66 bits per heavy atom. The van der Waals surface area contributed by atoms with Gasteiger partial charge in [-0.05, 0) is 24.6 Å². The van der Waals surface area contributed by atoms with Crippen molar-refractivity contribution in [2.24, 2.45) is 5.73 Å². The summed E-state index contributed by atoms with van der Waals surface area (Å²) in [6.45, 7) is 2.50. The van der Waals surface area contributed by atoms with Gasteiger partial charge >= 0.3 is 0 Å². The Hall–Kier alpha value is -3.83. The monoisotopic (exact) mass is 486 g/mol. The summed E-state index contributed by atoms with van der Waals surface area (Å²) in [5.74, 6) is 0.0243. The van der Waals surface area contributed by atoms with E-state index in [-0.39, 0.29) is 5.88 Å². The molecule has 32 heavy (non-hydrogen) atoms. The van der Waals surface area contributed by atoms with E-state index < -0.39 is 5.92 Å². The number of aryl methyl sites for hydroxylation is 1. The van der Waals surface area contributed by atoms with E-state index in [2.05, 4.69) is 44.3 Å².